The number of halogens is 2. The van der Waals surface area contributed by atoms with E-state index in [9.17, 15) is 8.78 Å². The second-order valence-electron chi connectivity index (χ2n) is 9.28. The van der Waals surface area contributed by atoms with Gasteiger partial charge in [0.2, 0.25) is 0 Å². The van der Waals surface area contributed by atoms with Gasteiger partial charge in [0.1, 0.15) is 0 Å². The van der Waals surface area contributed by atoms with Crippen LogP contribution in [0.25, 0.3) is 22.8 Å². The Morgan fingerprint density at radius 3 is 2.71 bits per heavy atom. The number of allylic oxidation sites excluding steroid dienone is 2. The summed E-state index contributed by atoms with van der Waals surface area (Å²) < 4.78 is 29.3. The first kappa shape index (κ1) is 21.2. The van der Waals surface area contributed by atoms with E-state index in [-0.39, 0.29) is 0 Å². The Balaban J connectivity index is 1.37. The van der Waals surface area contributed by atoms with Gasteiger partial charge in [-0.25, -0.2) is 8.78 Å². The molecule has 172 valence electrons. The molecule has 3 nitrogen and oxygen atoms in total. The molecule has 1 N–H and O–H groups in total. The Bertz CT molecular complexity index is 1320. The van der Waals surface area contributed by atoms with Gasteiger partial charge in [0.25, 0.3) is 0 Å². The smallest absolute Gasteiger partial charge is 0.182 e. The van der Waals surface area contributed by atoms with Gasteiger partial charge in [0.05, 0.1) is 11.4 Å². The van der Waals surface area contributed by atoms with E-state index in [1.165, 1.54) is 34.8 Å². The van der Waals surface area contributed by atoms with Crippen LogP contribution in [-0.2, 0) is 12.8 Å². The Morgan fingerprint density at radius 1 is 0.941 bits per heavy atom. The van der Waals surface area contributed by atoms with Crippen LogP contribution in [-0.4, -0.2) is 31.2 Å². The quantitative estimate of drug-likeness (QED) is 0.543. The third kappa shape index (κ3) is 3.84. The number of nitrogens with zero attached hydrogens (tertiary/aromatic N) is 2. The fraction of sp³-hybridized carbons (Fsp3) is 0.276. The highest BCUT2D eigenvalue weighted by Gasteiger charge is 2.22. The van der Waals surface area contributed by atoms with Crippen molar-refractivity contribution in [2.45, 2.75) is 25.7 Å². The summed E-state index contributed by atoms with van der Waals surface area (Å²) in [6.45, 7) is 2.83. The molecule has 2 aliphatic carbocycles. The predicted octanol–water partition coefficient (Wildman–Crippen LogP) is 5.77. The molecule has 1 fully saturated rings. The van der Waals surface area contributed by atoms with Crippen LogP contribution < -0.4 is 10.2 Å². The molecule has 34 heavy (non-hydrogen) atoms. The third-order valence-corrected chi connectivity index (χ3v) is 7.13. The van der Waals surface area contributed by atoms with Crippen molar-refractivity contribution in [1.29, 1.82) is 0 Å². The summed E-state index contributed by atoms with van der Waals surface area (Å²) in [5.41, 5.74) is 8.93. The Hall–Kier alpha value is -3.31. The van der Waals surface area contributed by atoms with Crippen molar-refractivity contribution >= 4 is 17.3 Å². The maximum absolute atomic E-state index is 14.7. The average Bonchev–Trinajstić information content (AvgIpc) is 3.15. The van der Waals surface area contributed by atoms with Crippen LogP contribution in [0.5, 0.6) is 0 Å². The first-order valence-corrected chi connectivity index (χ1v) is 12.1. The molecule has 5 heteroatoms. The van der Waals surface area contributed by atoms with E-state index in [0.717, 1.165) is 49.2 Å². The van der Waals surface area contributed by atoms with E-state index < -0.39 is 11.6 Å². The van der Waals surface area contributed by atoms with Gasteiger partial charge in [-0.05, 0) is 65.3 Å². The molecule has 2 heterocycles. The molecule has 3 aliphatic rings. The van der Waals surface area contributed by atoms with Crippen molar-refractivity contribution in [3.05, 3.63) is 94.3 Å². The van der Waals surface area contributed by atoms with Crippen LogP contribution in [0.1, 0.15) is 40.8 Å². The highest BCUT2D eigenvalue weighted by Crippen LogP contribution is 2.37. The number of fused-ring (bicyclic) bond motifs is 2. The summed E-state index contributed by atoms with van der Waals surface area (Å²) in [5.74, 6) is -1.60. The largest absolute Gasteiger partial charge is 0.367 e. The van der Waals surface area contributed by atoms with E-state index in [1.54, 1.807) is 12.3 Å². The van der Waals surface area contributed by atoms with Crippen LogP contribution in [0.3, 0.4) is 0 Å². The number of pyridine rings is 1. The zero-order chi connectivity index (χ0) is 23.1. The molecule has 2 aromatic carbocycles. The summed E-state index contributed by atoms with van der Waals surface area (Å²) in [4.78, 5) is 6.62. The molecule has 3 aromatic rings. The third-order valence-electron chi connectivity index (χ3n) is 7.13. The van der Waals surface area contributed by atoms with Crippen LogP contribution in [0.2, 0.25) is 0 Å². The van der Waals surface area contributed by atoms with Crippen molar-refractivity contribution < 1.29 is 8.78 Å². The van der Waals surface area contributed by atoms with Crippen LogP contribution in [0.15, 0.2) is 54.7 Å². The van der Waals surface area contributed by atoms with E-state index in [2.05, 4.69) is 47.8 Å². The SMILES string of the molecule is Fc1cc(-c2cnc3c(c2)C(c2ccc4c(c2)CCCC=C4)=CC3)cc(N2CCNCC2)c1F. The number of aryl methyl sites for hydroxylation is 1. The van der Waals surface area contributed by atoms with Gasteiger partial charge < -0.3 is 10.2 Å². The number of hydrogen-bond donors (Lipinski definition) is 1. The van der Waals surface area contributed by atoms with Crippen molar-refractivity contribution in [2.24, 2.45) is 0 Å². The number of benzene rings is 2. The molecular weight excluding hydrogens is 428 g/mol. The molecule has 0 bridgehead atoms. The van der Waals surface area contributed by atoms with E-state index in [4.69, 9.17) is 4.98 Å². The number of hydrogen-bond acceptors (Lipinski definition) is 3. The number of piperazine rings is 1. The minimum Gasteiger partial charge on any atom is -0.367 e. The fourth-order valence-corrected chi connectivity index (χ4v) is 5.28. The lowest BCUT2D eigenvalue weighted by Crippen LogP contribution is -2.44. The molecule has 6 rings (SSSR count). The molecule has 0 atom stereocenters. The lowest BCUT2D eigenvalue weighted by atomic mass is 9.94. The summed E-state index contributed by atoms with van der Waals surface area (Å²) in [5, 5.41) is 3.26. The van der Waals surface area contributed by atoms with Crippen molar-refractivity contribution in [1.82, 2.24) is 10.3 Å². The van der Waals surface area contributed by atoms with Gasteiger partial charge in [-0.15, -0.1) is 0 Å². The standard InChI is InChI=1S/C29H27F2N3/c30-26-16-22(17-28(29(26)31)34-12-10-32-11-13-34)23-15-25-24(8-9-27(25)33-18-23)21-7-6-19-4-2-1-3-5-20(19)14-21/h2,4,6-8,14-18,32H,1,3,5,9-13H2. The predicted molar refractivity (Wildman–Crippen MR) is 134 cm³/mol. The zero-order valence-corrected chi connectivity index (χ0v) is 19.1. The van der Waals surface area contributed by atoms with Crippen molar-refractivity contribution in [2.75, 3.05) is 31.1 Å². The van der Waals surface area contributed by atoms with Crippen molar-refractivity contribution in [3.63, 3.8) is 0 Å². The van der Waals surface area contributed by atoms with Crippen LogP contribution in [0, 0.1) is 11.6 Å². The average molecular weight is 456 g/mol. The highest BCUT2D eigenvalue weighted by atomic mass is 19.2. The lowest BCUT2D eigenvalue weighted by Gasteiger charge is -2.30. The summed E-state index contributed by atoms with van der Waals surface area (Å²) in [6.07, 6.45) is 12.6. The maximum Gasteiger partial charge on any atom is 0.182 e. The second-order valence-corrected chi connectivity index (χ2v) is 9.28. The summed E-state index contributed by atoms with van der Waals surface area (Å²) >= 11 is 0. The number of aromatic nitrogens is 1. The van der Waals surface area contributed by atoms with Gasteiger partial charge in [-0.2, -0.15) is 0 Å². The zero-order valence-electron chi connectivity index (χ0n) is 19.1. The summed E-state index contributed by atoms with van der Waals surface area (Å²) in [6, 6.07) is 11.8. The molecule has 0 spiro atoms. The maximum atomic E-state index is 14.7. The first-order chi connectivity index (χ1) is 16.7. The van der Waals surface area contributed by atoms with E-state index in [0.29, 0.717) is 24.3 Å². The van der Waals surface area contributed by atoms with Gasteiger partial charge in [0, 0.05) is 49.9 Å². The second kappa shape index (κ2) is 8.80. The topological polar surface area (TPSA) is 28.2 Å². The molecule has 1 aliphatic heterocycles. The Labute approximate surface area is 198 Å². The monoisotopic (exact) mass is 455 g/mol. The van der Waals surface area contributed by atoms with Gasteiger partial charge >= 0.3 is 0 Å². The molecule has 1 saturated heterocycles. The van der Waals surface area contributed by atoms with Crippen LogP contribution in [0.4, 0.5) is 14.5 Å². The van der Waals surface area contributed by atoms with Crippen molar-refractivity contribution in [3.8, 4) is 11.1 Å². The van der Waals surface area contributed by atoms with E-state index >= 15 is 0 Å². The molecule has 0 amide bonds. The molecule has 0 radical (unpaired) electrons. The minimum atomic E-state index is -0.818. The lowest BCUT2D eigenvalue weighted by molar-refractivity contribution is 0.500. The molecule has 0 unspecified atom stereocenters. The van der Waals surface area contributed by atoms with Crippen LogP contribution >= 0.6 is 0 Å². The minimum absolute atomic E-state index is 0.326. The van der Waals surface area contributed by atoms with Gasteiger partial charge in [-0.1, -0.05) is 36.4 Å². The number of rotatable bonds is 3. The summed E-state index contributed by atoms with van der Waals surface area (Å²) in [7, 11) is 0. The van der Waals surface area contributed by atoms with Gasteiger partial charge in [0.15, 0.2) is 11.6 Å². The number of anilines is 1. The number of nitrogens with one attached hydrogen (secondary N) is 1. The Morgan fingerprint density at radius 2 is 1.82 bits per heavy atom. The van der Waals surface area contributed by atoms with Gasteiger partial charge in [-0.3, -0.25) is 4.98 Å². The first-order valence-electron chi connectivity index (χ1n) is 12.1. The Kier molecular flexibility index (Phi) is 5.50. The fourth-order valence-electron chi connectivity index (χ4n) is 5.28. The highest BCUT2D eigenvalue weighted by molar-refractivity contribution is 5.86. The molecular formula is C29H27F2N3. The molecule has 0 saturated carbocycles. The normalized spacial score (nSPS) is 17.2. The molecule has 1 aromatic heterocycles. The van der Waals surface area contributed by atoms with E-state index in [1.807, 2.05) is 4.90 Å².